The van der Waals surface area contributed by atoms with E-state index in [9.17, 15) is 13.2 Å². The summed E-state index contributed by atoms with van der Waals surface area (Å²) < 4.78 is 42.2. The maximum atomic E-state index is 13.2. The van der Waals surface area contributed by atoms with Gasteiger partial charge in [0.2, 0.25) is 0 Å². The molecule has 0 amide bonds. The average Bonchev–Trinajstić information content (AvgIpc) is 3.18. The summed E-state index contributed by atoms with van der Waals surface area (Å²) >= 11 is 0. The van der Waals surface area contributed by atoms with Gasteiger partial charge in [-0.05, 0) is 44.0 Å². The largest absolute Gasteiger partial charge is 0.453 e. The second-order valence-corrected chi connectivity index (χ2v) is 6.79. The fourth-order valence-corrected chi connectivity index (χ4v) is 3.15. The van der Waals surface area contributed by atoms with E-state index >= 15 is 0 Å². The molecular formula is C18H18F3N7. The monoisotopic (exact) mass is 389 g/mol. The van der Waals surface area contributed by atoms with E-state index in [2.05, 4.69) is 25.6 Å². The summed E-state index contributed by atoms with van der Waals surface area (Å²) in [4.78, 5) is 4.61. The zero-order valence-electron chi connectivity index (χ0n) is 15.8. The van der Waals surface area contributed by atoms with Gasteiger partial charge in [0, 0.05) is 12.6 Å². The normalized spacial score (nSPS) is 12.2. The van der Waals surface area contributed by atoms with Crippen molar-refractivity contribution >= 4 is 22.5 Å². The fraction of sp³-hybridized carbons (Fsp3) is 0.333. The number of imidazole rings is 1. The van der Waals surface area contributed by atoms with E-state index < -0.39 is 12.0 Å². The Bertz CT molecular complexity index is 1200. The number of aryl methyl sites for hydroxylation is 3. The van der Waals surface area contributed by atoms with Crippen LogP contribution in [0.4, 0.5) is 19.0 Å². The number of nitrogens with zero attached hydrogens (tertiary/aromatic N) is 6. The maximum absolute atomic E-state index is 13.2. The summed E-state index contributed by atoms with van der Waals surface area (Å²) in [6.07, 6.45) is -4.64. The Balaban J connectivity index is 1.72. The number of alkyl halides is 3. The fourth-order valence-electron chi connectivity index (χ4n) is 3.15. The van der Waals surface area contributed by atoms with E-state index in [-0.39, 0.29) is 5.65 Å². The van der Waals surface area contributed by atoms with Crippen LogP contribution in [-0.4, -0.2) is 29.4 Å². The summed E-state index contributed by atoms with van der Waals surface area (Å²) in [5.41, 5.74) is 4.35. The number of hydrogen-bond donors (Lipinski definition) is 1. The van der Waals surface area contributed by atoms with Gasteiger partial charge in [0.1, 0.15) is 5.82 Å². The Labute approximate surface area is 158 Å². The molecule has 3 heterocycles. The summed E-state index contributed by atoms with van der Waals surface area (Å²) in [6.45, 7) is 5.79. The van der Waals surface area contributed by atoms with E-state index in [4.69, 9.17) is 0 Å². The van der Waals surface area contributed by atoms with Crippen molar-refractivity contribution in [2.45, 2.75) is 33.5 Å². The highest BCUT2D eigenvalue weighted by Gasteiger charge is 2.38. The third kappa shape index (κ3) is 2.85. The van der Waals surface area contributed by atoms with Crippen LogP contribution in [0.5, 0.6) is 0 Å². The van der Waals surface area contributed by atoms with Crippen molar-refractivity contribution in [1.82, 2.24) is 29.4 Å². The molecule has 0 unspecified atom stereocenters. The van der Waals surface area contributed by atoms with Gasteiger partial charge in [-0.2, -0.15) is 17.7 Å². The Morgan fingerprint density at radius 2 is 1.82 bits per heavy atom. The number of hydrogen-bond acceptors (Lipinski definition) is 5. The van der Waals surface area contributed by atoms with Crippen LogP contribution < -0.4 is 5.32 Å². The second-order valence-electron chi connectivity index (χ2n) is 6.79. The second kappa shape index (κ2) is 6.18. The molecule has 10 heteroatoms. The summed E-state index contributed by atoms with van der Waals surface area (Å²) in [5, 5.41) is 14.1. The number of rotatable bonds is 3. The van der Waals surface area contributed by atoms with E-state index in [1.807, 2.05) is 36.7 Å². The van der Waals surface area contributed by atoms with Crippen molar-refractivity contribution in [2.75, 3.05) is 5.32 Å². The molecule has 0 saturated carbocycles. The number of fused-ring (bicyclic) bond motifs is 2. The van der Waals surface area contributed by atoms with Crippen molar-refractivity contribution in [3.05, 3.63) is 46.5 Å². The van der Waals surface area contributed by atoms with Crippen LogP contribution >= 0.6 is 0 Å². The van der Waals surface area contributed by atoms with Crippen LogP contribution in [0.25, 0.3) is 16.7 Å². The topological polar surface area (TPSA) is 72.9 Å². The number of benzene rings is 1. The highest BCUT2D eigenvalue weighted by atomic mass is 19.4. The van der Waals surface area contributed by atoms with Gasteiger partial charge in [-0.25, -0.2) is 4.98 Å². The van der Waals surface area contributed by atoms with E-state index in [0.717, 1.165) is 26.9 Å². The Kier molecular flexibility index (Phi) is 4.02. The lowest BCUT2D eigenvalue weighted by Crippen LogP contribution is -2.15. The van der Waals surface area contributed by atoms with Gasteiger partial charge < -0.3 is 9.88 Å². The summed E-state index contributed by atoms with van der Waals surface area (Å²) in [7, 11) is 1.90. The summed E-state index contributed by atoms with van der Waals surface area (Å²) in [6, 6.07) is 5.99. The van der Waals surface area contributed by atoms with E-state index in [1.54, 1.807) is 13.8 Å². The molecule has 0 fully saturated rings. The van der Waals surface area contributed by atoms with Gasteiger partial charge in [0.25, 0.3) is 5.82 Å². The molecule has 0 aliphatic carbocycles. The lowest BCUT2D eigenvalue weighted by Gasteiger charge is -2.12. The van der Waals surface area contributed by atoms with Gasteiger partial charge in [-0.15, -0.1) is 15.3 Å². The molecule has 146 valence electrons. The molecule has 1 aromatic carbocycles. The smallest absolute Gasteiger partial charge is 0.361 e. The van der Waals surface area contributed by atoms with Gasteiger partial charge in [0.15, 0.2) is 11.5 Å². The van der Waals surface area contributed by atoms with Crippen molar-refractivity contribution in [2.24, 2.45) is 7.05 Å². The lowest BCUT2D eigenvalue weighted by atomic mass is 10.2. The molecule has 0 radical (unpaired) electrons. The zero-order valence-corrected chi connectivity index (χ0v) is 15.8. The average molecular weight is 389 g/mol. The molecule has 3 aromatic heterocycles. The number of aromatic nitrogens is 6. The van der Waals surface area contributed by atoms with Crippen LogP contribution in [0, 0.1) is 20.8 Å². The number of nitrogens with one attached hydrogen (secondary N) is 1. The predicted octanol–water partition coefficient (Wildman–Crippen LogP) is 3.57. The van der Waals surface area contributed by atoms with Crippen molar-refractivity contribution < 1.29 is 13.2 Å². The minimum atomic E-state index is -4.64. The van der Waals surface area contributed by atoms with Gasteiger partial charge >= 0.3 is 6.18 Å². The SMILES string of the molecule is Cc1ccc2c(c1)nc(CNc1nn3c(C(F)(F)F)nnc3c(C)c1C)n2C. The Morgan fingerprint density at radius 1 is 1.07 bits per heavy atom. The molecule has 1 N–H and O–H groups in total. The maximum Gasteiger partial charge on any atom is 0.453 e. The molecule has 0 atom stereocenters. The standard InChI is InChI=1S/C18H18F3N7/c1-9-5-6-13-12(7-9)23-14(27(13)4)8-22-15-10(2)11(3)16-24-25-17(18(19,20)21)28(16)26-15/h5-7H,8H2,1-4H3,(H,22,26). The molecule has 0 spiro atoms. The van der Waals surface area contributed by atoms with Crippen LogP contribution in [0.2, 0.25) is 0 Å². The van der Waals surface area contributed by atoms with E-state index in [0.29, 0.717) is 23.5 Å². The number of halogens is 3. The number of anilines is 1. The minimum absolute atomic E-state index is 0.0913. The molecule has 28 heavy (non-hydrogen) atoms. The van der Waals surface area contributed by atoms with Crippen molar-refractivity contribution in [3.63, 3.8) is 0 Å². The third-order valence-electron chi connectivity index (χ3n) is 4.89. The molecule has 0 saturated heterocycles. The summed E-state index contributed by atoms with van der Waals surface area (Å²) in [5.74, 6) is -0.0651. The van der Waals surface area contributed by atoms with Gasteiger partial charge in [0.05, 0.1) is 17.6 Å². The Hall–Kier alpha value is -3.17. The van der Waals surface area contributed by atoms with Crippen molar-refractivity contribution in [3.8, 4) is 0 Å². The molecule has 7 nitrogen and oxygen atoms in total. The first-order valence-electron chi connectivity index (χ1n) is 8.62. The quantitative estimate of drug-likeness (QED) is 0.580. The predicted molar refractivity (Wildman–Crippen MR) is 98.0 cm³/mol. The lowest BCUT2D eigenvalue weighted by molar-refractivity contribution is -0.146. The van der Waals surface area contributed by atoms with Crippen LogP contribution in [0.15, 0.2) is 18.2 Å². The van der Waals surface area contributed by atoms with Gasteiger partial charge in [-0.3, -0.25) is 0 Å². The third-order valence-corrected chi connectivity index (χ3v) is 4.89. The van der Waals surface area contributed by atoms with Gasteiger partial charge in [-0.1, -0.05) is 6.07 Å². The van der Waals surface area contributed by atoms with Crippen LogP contribution in [-0.2, 0) is 19.8 Å². The molecule has 4 aromatic rings. The minimum Gasteiger partial charge on any atom is -0.361 e. The molecular weight excluding hydrogens is 371 g/mol. The molecule has 0 bridgehead atoms. The first-order valence-corrected chi connectivity index (χ1v) is 8.62. The molecule has 4 rings (SSSR count). The molecule has 0 aliphatic rings. The zero-order chi connectivity index (χ0) is 20.2. The van der Waals surface area contributed by atoms with E-state index in [1.165, 1.54) is 0 Å². The first kappa shape index (κ1) is 18.2. The van der Waals surface area contributed by atoms with Crippen molar-refractivity contribution in [1.29, 1.82) is 0 Å². The van der Waals surface area contributed by atoms with Crippen LogP contribution in [0.1, 0.15) is 28.3 Å². The van der Waals surface area contributed by atoms with Crippen LogP contribution in [0.3, 0.4) is 0 Å². The highest BCUT2D eigenvalue weighted by Crippen LogP contribution is 2.29. The first-order chi connectivity index (χ1) is 13.2. The highest BCUT2D eigenvalue weighted by molar-refractivity contribution is 5.76. The Morgan fingerprint density at radius 3 is 2.54 bits per heavy atom. The molecule has 0 aliphatic heterocycles.